The first kappa shape index (κ1) is 68.2. The van der Waals surface area contributed by atoms with Crippen molar-refractivity contribution in [1.82, 2.24) is 5.32 Å². The van der Waals surface area contributed by atoms with E-state index in [1.807, 2.05) is 27.2 Å². The van der Waals surface area contributed by atoms with Crippen LogP contribution in [0, 0.1) is 0 Å². The third kappa shape index (κ3) is 54.0. The van der Waals surface area contributed by atoms with Gasteiger partial charge in [-0.3, -0.25) is 9.36 Å². The predicted octanol–water partition coefficient (Wildman–Crippen LogP) is 17.5. The fourth-order valence-electron chi connectivity index (χ4n) is 8.53. The predicted molar refractivity (Wildman–Crippen MR) is 302 cm³/mol. The number of carbonyl (C=O) groups excluding carboxylic acids is 1. The molecule has 0 aliphatic heterocycles. The fourth-order valence-corrected chi connectivity index (χ4v) is 9.25. The Balaban J connectivity index is 3.99. The average Bonchev–Trinajstić information content (AvgIpc) is 3.32. The molecule has 0 heterocycles. The Labute approximate surface area is 434 Å². The first-order chi connectivity index (χ1) is 34.0. The van der Waals surface area contributed by atoms with Crippen LogP contribution in [0.15, 0.2) is 60.8 Å². The molecule has 3 atom stereocenters. The molecule has 0 bridgehead atoms. The van der Waals surface area contributed by atoms with Gasteiger partial charge in [-0.25, -0.2) is 0 Å². The van der Waals surface area contributed by atoms with Gasteiger partial charge in [0.2, 0.25) is 5.91 Å². The van der Waals surface area contributed by atoms with E-state index in [1.54, 1.807) is 6.08 Å². The zero-order chi connectivity index (χ0) is 51.3. The van der Waals surface area contributed by atoms with E-state index < -0.39 is 26.6 Å². The van der Waals surface area contributed by atoms with Gasteiger partial charge in [-0.05, 0) is 70.6 Å². The number of nitrogens with one attached hydrogen (secondary N) is 1. The maximum atomic E-state index is 12.9. The third-order valence-electron chi connectivity index (χ3n) is 13.2. The highest BCUT2D eigenvalue weighted by molar-refractivity contribution is 7.45. The SMILES string of the molecule is CCCCCCC/C=C\C/C=C\C/C=C\CCCCCCCCCCCCCCCCCCCCCCC(=O)NC(COP(=O)([O-])OCC[N+](C)(C)C)C(O)/C=C/CC/C=C/CCCCCCCCC. The Morgan fingerprint density at radius 2 is 0.843 bits per heavy atom. The van der Waals surface area contributed by atoms with Crippen LogP contribution in [0.2, 0.25) is 0 Å². The Bertz CT molecular complexity index is 1320. The van der Waals surface area contributed by atoms with Crippen LogP contribution in [0.25, 0.3) is 0 Å². The molecule has 0 spiro atoms. The Hall–Kier alpha value is -1.80. The summed E-state index contributed by atoms with van der Waals surface area (Å²) in [5.41, 5.74) is 0. The van der Waals surface area contributed by atoms with Crippen molar-refractivity contribution < 1.29 is 32.9 Å². The molecule has 0 fully saturated rings. The Morgan fingerprint density at radius 3 is 1.26 bits per heavy atom. The van der Waals surface area contributed by atoms with E-state index in [0.29, 0.717) is 17.4 Å². The lowest BCUT2D eigenvalue weighted by molar-refractivity contribution is -0.870. The molecule has 0 saturated heterocycles. The van der Waals surface area contributed by atoms with Crippen molar-refractivity contribution in [2.24, 2.45) is 0 Å². The van der Waals surface area contributed by atoms with Gasteiger partial charge in [-0.15, -0.1) is 0 Å². The summed E-state index contributed by atoms with van der Waals surface area (Å²) in [6.07, 6.45) is 70.4. The maximum Gasteiger partial charge on any atom is 0.268 e. The first-order valence-electron chi connectivity index (χ1n) is 29.7. The number of allylic oxidation sites excluding steroid dienone is 9. The van der Waals surface area contributed by atoms with Gasteiger partial charge < -0.3 is 28.8 Å². The van der Waals surface area contributed by atoms with Crippen molar-refractivity contribution in [1.29, 1.82) is 0 Å². The van der Waals surface area contributed by atoms with Crippen LogP contribution in [-0.4, -0.2) is 68.5 Å². The van der Waals surface area contributed by atoms with Crippen molar-refractivity contribution in [3.8, 4) is 0 Å². The van der Waals surface area contributed by atoms with Gasteiger partial charge in [0, 0.05) is 6.42 Å². The van der Waals surface area contributed by atoms with Crippen LogP contribution in [-0.2, 0) is 18.4 Å². The van der Waals surface area contributed by atoms with E-state index in [-0.39, 0.29) is 12.5 Å². The molecule has 410 valence electrons. The van der Waals surface area contributed by atoms with E-state index in [1.165, 1.54) is 199 Å². The van der Waals surface area contributed by atoms with Gasteiger partial charge in [0.15, 0.2) is 0 Å². The van der Waals surface area contributed by atoms with Gasteiger partial charge in [-0.2, -0.15) is 0 Å². The number of quaternary nitrogens is 1. The monoisotopic (exact) mass is 1000 g/mol. The number of aliphatic hydroxyl groups is 1. The number of amides is 1. The second-order valence-electron chi connectivity index (χ2n) is 21.3. The lowest BCUT2D eigenvalue weighted by Crippen LogP contribution is -2.45. The molecule has 70 heavy (non-hydrogen) atoms. The van der Waals surface area contributed by atoms with Crippen molar-refractivity contribution >= 4 is 13.7 Å². The van der Waals surface area contributed by atoms with Gasteiger partial charge in [0.25, 0.3) is 7.82 Å². The summed E-state index contributed by atoms with van der Waals surface area (Å²) in [7, 11) is 1.25. The van der Waals surface area contributed by atoms with Crippen molar-refractivity contribution in [2.45, 2.75) is 283 Å². The number of rotatable bonds is 54. The van der Waals surface area contributed by atoms with Crippen LogP contribution in [0.4, 0.5) is 0 Å². The Kier molecular flexibility index (Phi) is 50.7. The zero-order valence-corrected chi connectivity index (χ0v) is 47.6. The molecule has 0 radical (unpaired) electrons. The van der Waals surface area contributed by atoms with Crippen LogP contribution in [0.1, 0.15) is 271 Å². The quantitative estimate of drug-likeness (QED) is 0.0272. The number of phosphoric ester groups is 1. The van der Waals surface area contributed by atoms with Crippen LogP contribution < -0.4 is 10.2 Å². The number of phosphoric acid groups is 1. The molecule has 0 aliphatic carbocycles. The summed E-state index contributed by atoms with van der Waals surface area (Å²) in [6, 6.07) is -0.903. The van der Waals surface area contributed by atoms with E-state index >= 15 is 0 Å². The molecule has 0 saturated carbocycles. The molecule has 0 aromatic heterocycles. The van der Waals surface area contributed by atoms with Crippen molar-refractivity contribution in [3.05, 3.63) is 60.8 Å². The highest BCUT2D eigenvalue weighted by atomic mass is 31.2. The highest BCUT2D eigenvalue weighted by Crippen LogP contribution is 2.38. The molecular weight excluding hydrogens is 888 g/mol. The van der Waals surface area contributed by atoms with E-state index in [2.05, 4.69) is 67.8 Å². The van der Waals surface area contributed by atoms with Crippen molar-refractivity contribution in [3.63, 3.8) is 0 Å². The summed E-state index contributed by atoms with van der Waals surface area (Å²) in [4.78, 5) is 25.4. The lowest BCUT2D eigenvalue weighted by atomic mass is 10.0. The van der Waals surface area contributed by atoms with E-state index in [0.717, 1.165) is 51.4 Å². The maximum absolute atomic E-state index is 12.9. The summed E-state index contributed by atoms with van der Waals surface area (Å²) < 4.78 is 23.3. The second kappa shape index (κ2) is 52.1. The first-order valence-corrected chi connectivity index (χ1v) is 31.1. The minimum Gasteiger partial charge on any atom is -0.756 e. The van der Waals surface area contributed by atoms with Gasteiger partial charge in [-0.1, -0.05) is 254 Å². The second-order valence-corrected chi connectivity index (χ2v) is 22.8. The minimum atomic E-state index is -4.60. The average molecular weight is 1000 g/mol. The molecule has 2 N–H and O–H groups in total. The van der Waals surface area contributed by atoms with Crippen LogP contribution >= 0.6 is 7.82 Å². The normalized spacial score (nSPS) is 14.3. The molecule has 0 aromatic rings. The third-order valence-corrected chi connectivity index (χ3v) is 14.2. The lowest BCUT2D eigenvalue weighted by Gasteiger charge is -2.29. The standard InChI is InChI=1S/C61H115N2O6P/c1-6-8-10-12-14-16-18-20-21-22-23-24-25-26-27-28-29-30-31-32-33-34-35-36-37-38-39-40-41-43-45-47-49-51-53-55-61(65)62-59(58-69-70(66,67)68-57-56-63(3,4)5)60(64)54-52-50-48-46-44-42-19-17-15-13-11-9-7-2/h18,20,22-23,25-26,44,46,52,54,59-60,64H,6-17,19,21,24,27-43,45,47-51,53,55-58H2,1-5H3,(H-,62,65,66,67)/b20-18-,23-22-,26-25-,46-44+,54-52+. The fraction of sp³-hybridized carbons (Fsp3) is 0.820. The molecule has 0 aliphatic rings. The molecule has 9 heteroatoms. The van der Waals surface area contributed by atoms with Gasteiger partial charge >= 0.3 is 0 Å². The number of likely N-dealkylation sites (N-methyl/N-ethyl adjacent to an activating group) is 1. The highest BCUT2D eigenvalue weighted by Gasteiger charge is 2.23. The molecule has 0 aromatic carbocycles. The molecule has 3 unspecified atom stereocenters. The summed E-state index contributed by atoms with van der Waals surface area (Å²) in [6.45, 7) is 4.62. The topological polar surface area (TPSA) is 108 Å². The molecule has 1 amide bonds. The number of aliphatic hydroxyl groups excluding tert-OH is 1. The van der Waals surface area contributed by atoms with Gasteiger partial charge in [0.05, 0.1) is 39.9 Å². The smallest absolute Gasteiger partial charge is 0.268 e. The van der Waals surface area contributed by atoms with Gasteiger partial charge in [0.1, 0.15) is 13.2 Å². The zero-order valence-electron chi connectivity index (χ0n) is 46.7. The number of hydrogen-bond donors (Lipinski definition) is 2. The van der Waals surface area contributed by atoms with Crippen LogP contribution in [0.5, 0.6) is 0 Å². The molecule has 0 rings (SSSR count). The molecular formula is C61H115N2O6P. The molecule has 8 nitrogen and oxygen atoms in total. The number of carbonyl (C=O) groups is 1. The Morgan fingerprint density at radius 1 is 0.500 bits per heavy atom. The number of nitrogens with zero attached hydrogens (tertiary/aromatic N) is 1. The summed E-state index contributed by atoms with van der Waals surface area (Å²) in [5.74, 6) is -0.206. The number of unbranched alkanes of at least 4 members (excludes halogenated alkanes) is 33. The van der Waals surface area contributed by atoms with E-state index in [4.69, 9.17) is 9.05 Å². The minimum absolute atomic E-state index is 0.00654. The largest absolute Gasteiger partial charge is 0.756 e. The van der Waals surface area contributed by atoms with E-state index in [9.17, 15) is 19.4 Å². The number of hydrogen-bond acceptors (Lipinski definition) is 6. The summed E-state index contributed by atoms with van der Waals surface area (Å²) in [5, 5.41) is 13.8. The van der Waals surface area contributed by atoms with Crippen molar-refractivity contribution in [2.75, 3.05) is 40.9 Å². The summed E-state index contributed by atoms with van der Waals surface area (Å²) >= 11 is 0. The van der Waals surface area contributed by atoms with Crippen LogP contribution in [0.3, 0.4) is 0 Å².